The predicted octanol–water partition coefficient (Wildman–Crippen LogP) is 1.12. The number of piperidine rings is 1. The second kappa shape index (κ2) is 5.48. The van der Waals surface area contributed by atoms with Crippen molar-refractivity contribution in [2.24, 2.45) is 5.92 Å². The SMILES string of the molecule is COc1ccc(C(=O)N2CCC(O)C(C)C2)c(N)c1. The molecule has 0 saturated carbocycles. The number of carbonyl (C=O) groups is 1. The molecule has 1 aliphatic heterocycles. The first-order valence-electron chi connectivity index (χ1n) is 6.43. The number of anilines is 1. The number of nitrogens with zero attached hydrogens (tertiary/aromatic N) is 1. The van der Waals surface area contributed by atoms with Crippen molar-refractivity contribution in [2.75, 3.05) is 25.9 Å². The van der Waals surface area contributed by atoms with Gasteiger partial charge in [-0.1, -0.05) is 6.92 Å². The van der Waals surface area contributed by atoms with E-state index in [0.29, 0.717) is 36.5 Å². The van der Waals surface area contributed by atoms with E-state index < -0.39 is 0 Å². The summed E-state index contributed by atoms with van der Waals surface area (Å²) in [4.78, 5) is 14.1. The number of aliphatic hydroxyl groups is 1. The largest absolute Gasteiger partial charge is 0.497 e. The molecule has 1 fully saturated rings. The summed E-state index contributed by atoms with van der Waals surface area (Å²) >= 11 is 0. The molecular formula is C14H20N2O3. The Morgan fingerprint density at radius 1 is 1.53 bits per heavy atom. The molecule has 1 aromatic carbocycles. The van der Waals surface area contributed by atoms with Gasteiger partial charge < -0.3 is 20.5 Å². The van der Waals surface area contributed by atoms with Crippen LogP contribution in [0.3, 0.4) is 0 Å². The van der Waals surface area contributed by atoms with E-state index in [1.165, 1.54) is 0 Å². The highest BCUT2D eigenvalue weighted by molar-refractivity contribution is 5.99. The number of rotatable bonds is 2. The molecule has 1 aromatic rings. The van der Waals surface area contributed by atoms with Crippen molar-refractivity contribution in [1.29, 1.82) is 0 Å². The van der Waals surface area contributed by atoms with Gasteiger partial charge in [0.1, 0.15) is 5.75 Å². The summed E-state index contributed by atoms with van der Waals surface area (Å²) in [6.07, 6.45) is 0.292. The number of hydrogen-bond acceptors (Lipinski definition) is 4. The molecule has 3 N–H and O–H groups in total. The average molecular weight is 264 g/mol. The molecular weight excluding hydrogens is 244 g/mol. The fraction of sp³-hybridized carbons (Fsp3) is 0.500. The molecule has 0 spiro atoms. The Morgan fingerprint density at radius 3 is 2.84 bits per heavy atom. The summed E-state index contributed by atoms with van der Waals surface area (Å²) < 4.78 is 5.07. The second-order valence-corrected chi connectivity index (χ2v) is 5.04. The van der Waals surface area contributed by atoms with Crippen molar-refractivity contribution in [1.82, 2.24) is 4.90 Å². The van der Waals surface area contributed by atoms with Crippen LogP contribution in [-0.4, -0.2) is 42.2 Å². The summed E-state index contributed by atoms with van der Waals surface area (Å²) in [5.74, 6) is 0.646. The third kappa shape index (κ3) is 2.81. The molecule has 2 rings (SSSR count). The molecule has 1 heterocycles. The molecule has 104 valence electrons. The Hall–Kier alpha value is -1.75. The van der Waals surface area contributed by atoms with E-state index >= 15 is 0 Å². The van der Waals surface area contributed by atoms with Crippen molar-refractivity contribution in [3.63, 3.8) is 0 Å². The highest BCUT2D eigenvalue weighted by Crippen LogP contribution is 2.24. The lowest BCUT2D eigenvalue weighted by Gasteiger charge is -2.34. The Morgan fingerprint density at radius 2 is 2.26 bits per heavy atom. The van der Waals surface area contributed by atoms with E-state index in [1.54, 1.807) is 30.2 Å². The lowest BCUT2D eigenvalue weighted by molar-refractivity contribution is 0.0298. The maximum atomic E-state index is 12.4. The molecule has 1 aliphatic rings. The zero-order valence-corrected chi connectivity index (χ0v) is 11.3. The van der Waals surface area contributed by atoms with Crippen LogP contribution in [0.1, 0.15) is 23.7 Å². The summed E-state index contributed by atoms with van der Waals surface area (Å²) in [5.41, 5.74) is 6.80. The number of nitrogens with two attached hydrogens (primary N) is 1. The maximum Gasteiger partial charge on any atom is 0.255 e. The first-order valence-corrected chi connectivity index (χ1v) is 6.43. The van der Waals surface area contributed by atoms with E-state index in [4.69, 9.17) is 10.5 Å². The Bertz CT molecular complexity index is 476. The minimum atomic E-state index is -0.322. The molecule has 5 heteroatoms. The standard InChI is InChI=1S/C14H20N2O3/c1-9-8-16(6-5-13(9)17)14(18)11-4-3-10(19-2)7-12(11)15/h3-4,7,9,13,17H,5-6,8,15H2,1-2H3. The molecule has 1 amide bonds. The first-order chi connectivity index (χ1) is 9.02. The zero-order chi connectivity index (χ0) is 14.0. The van der Waals surface area contributed by atoms with Crippen LogP contribution in [0, 0.1) is 5.92 Å². The molecule has 0 aromatic heterocycles. The minimum Gasteiger partial charge on any atom is -0.497 e. The van der Waals surface area contributed by atoms with Crippen molar-refractivity contribution < 1.29 is 14.6 Å². The van der Waals surface area contributed by atoms with Gasteiger partial charge in [0.2, 0.25) is 0 Å². The molecule has 0 aliphatic carbocycles. The van der Waals surface area contributed by atoms with Gasteiger partial charge in [-0.15, -0.1) is 0 Å². The summed E-state index contributed by atoms with van der Waals surface area (Å²) in [6.45, 7) is 3.07. The molecule has 0 bridgehead atoms. The van der Waals surface area contributed by atoms with Gasteiger partial charge >= 0.3 is 0 Å². The fourth-order valence-corrected chi connectivity index (χ4v) is 2.35. The van der Waals surface area contributed by atoms with Crippen molar-refractivity contribution in [3.05, 3.63) is 23.8 Å². The third-order valence-electron chi connectivity index (χ3n) is 3.64. The summed E-state index contributed by atoms with van der Waals surface area (Å²) in [7, 11) is 1.56. The van der Waals surface area contributed by atoms with Crippen LogP contribution >= 0.6 is 0 Å². The van der Waals surface area contributed by atoms with Crippen molar-refractivity contribution >= 4 is 11.6 Å². The van der Waals surface area contributed by atoms with Crippen LogP contribution in [-0.2, 0) is 0 Å². The molecule has 2 unspecified atom stereocenters. The van der Waals surface area contributed by atoms with E-state index in [1.807, 2.05) is 6.92 Å². The molecule has 5 nitrogen and oxygen atoms in total. The average Bonchev–Trinajstić information content (AvgIpc) is 2.41. The van der Waals surface area contributed by atoms with E-state index in [9.17, 15) is 9.90 Å². The van der Waals surface area contributed by atoms with Crippen LogP contribution in [0.4, 0.5) is 5.69 Å². The summed E-state index contributed by atoms with van der Waals surface area (Å²) in [6, 6.07) is 5.06. The highest BCUT2D eigenvalue weighted by Gasteiger charge is 2.28. The molecule has 1 saturated heterocycles. The lowest BCUT2D eigenvalue weighted by atomic mass is 9.96. The minimum absolute atomic E-state index is 0.0843. The number of aliphatic hydroxyl groups excluding tert-OH is 1. The molecule has 19 heavy (non-hydrogen) atoms. The lowest BCUT2D eigenvalue weighted by Crippen LogP contribution is -2.45. The van der Waals surface area contributed by atoms with Crippen LogP contribution < -0.4 is 10.5 Å². The monoisotopic (exact) mass is 264 g/mol. The number of nitrogen functional groups attached to an aromatic ring is 1. The van der Waals surface area contributed by atoms with Crippen LogP contribution in [0.25, 0.3) is 0 Å². The quantitative estimate of drug-likeness (QED) is 0.785. The number of methoxy groups -OCH3 is 1. The number of benzene rings is 1. The smallest absolute Gasteiger partial charge is 0.255 e. The van der Waals surface area contributed by atoms with E-state index in [2.05, 4.69) is 0 Å². The molecule has 0 radical (unpaired) electrons. The Kier molecular flexibility index (Phi) is 3.95. The Labute approximate surface area is 113 Å². The van der Waals surface area contributed by atoms with Gasteiger partial charge in [-0.3, -0.25) is 4.79 Å². The first kappa shape index (κ1) is 13.7. The number of likely N-dealkylation sites (tertiary alicyclic amines) is 1. The van der Waals surface area contributed by atoms with Crippen LogP contribution in [0.15, 0.2) is 18.2 Å². The second-order valence-electron chi connectivity index (χ2n) is 5.04. The maximum absolute atomic E-state index is 12.4. The Balaban J connectivity index is 2.16. The van der Waals surface area contributed by atoms with Gasteiger partial charge in [0.05, 0.1) is 18.8 Å². The predicted molar refractivity (Wildman–Crippen MR) is 73.1 cm³/mol. The summed E-state index contributed by atoms with van der Waals surface area (Å²) in [5, 5.41) is 9.69. The van der Waals surface area contributed by atoms with E-state index in [0.717, 1.165) is 0 Å². The normalized spacial score (nSPS) is 23.2. The van der Waals surface area contributed by atoms with Gasteiger partial charge in [-0.25, -0.2) is 0 Å². The molecule has 2 atom stereocenters. The number of carbonyl (C=O) groups excluding carboxylic acids is 1. The zero-order valence-electron chi connectivity index (χ0n) is 11.3. The van der Waals surface area contributed by atoms with E-state index in [-0.39, 0.29) is 17.9 Å². The fourth-order valence-electron chi connectivity index (χ4n) is 2.35. The van der Waals surface area contributed by atoms with Crippen molar-refractivity contribution in [3.8, 4) is 5.75 Å². The number of ether oxygens (including phenoxy) is 1. The topological polar surface area (TPSA) is 75.8 Å². The van der Waals surface area contributed by atoms with Crippen molar-refractivity contribution in [2.45, 2.75) is 19.4 Å². The number of amides is 1. The van der Waals surface area contributed by atoms with Gasteiger partial charge in [-0.05, 0) is 24.5 Å². The van der Waals surface area contributed by atoms with Gasteiger partial charge in [0, 0.05) is 24.8 Å². The number of hydrogen-bond donors (Lipinski definition) is 2. The van der Waals surface area contributed by atoms with Gasteiger partial charge in [0.15, 0.2) is 0 Å². The highest BCUT2D eigenvalue weighted by atomic mass is 16.5. The third-order valence-corrected chi connectivity index (χ3v) is 3.64. The van der Waals surface area contributed by atoms with Crippen LogP contribution in [0.2, 0.25) is 0 Å². The van der Waals surface area contributed by atoms with Gasteiger partial charge in [0.25, 0.3) is 5.91 Å². The van der Waals surface area contributed by atoms with Crippen LogP contribution in [0.5, 0.6) is 5.75 Å². The van der Waals surface area contributed by atoms with Gasteiger partial charge in [-0.2, -0.15) is 0 Å².